The standard InChI is InChI=1S/C13H18F2N2O3.ClH/c1-8(17-12(18)11(16)7-19-2)9-3-5-10(6-4-9)20-13(14)15;/h3-6,8,11,13H,7,16H2,1-2H3,(H,17,18);1H. The van der Waals surface area contributed by atoms with Crippen molar-refractivity contribution >= 4 is 18.3 Å². The van der Waals surface area contributed by atoms with E-state index in [9.17, 15) is 13.6 Å². The normalized spacial score (nSPS) is 13.2. The predicted octanol–water partition coefficient (Wildman–Crippen LogP) is 1.86. The molecule has 0 saturated carbocycles. The van der Waals surface area contributed by atoms with Crippen molar-refractivity contribution in [1.29, 1.82) is 0 Å². The van der Waals surface area contributed by atoms with Crippen molar-refractivity contribution in [1.82, 2.24) is 5.32 Å². The molecule has 0 aliphatic rings. The molecule has 5 nitrogen and oxygen atoms in total. The summed E-state index contributed by atoms with van der Waals surface area (Å²) in [4.78, 5) is 11.7. The molecule has 120 valence electrons. The topological polar surface area (TPSA) is 73.6 Å². The van der Waals surface area contributed by atoms with Gasteiger partial charge < -0.3 is 20.5 Å². The summed E-state index contributed by atoms with van der Waals surface area (Å²) in [6.07, 6.45) is 0. The maximum atomic E-state index is 12.0. The molecule has 0 aliphatic heterocycles. The first-order valence-electron chi connectivity index (χ1n) is 6.03. The van der Waals surface area contributed by atoms with Crippen LogP contribution in [0.4, 0.5) is 8.78 Å². The summed E-state index contributed by atoms with van der Waals surface area (Å²) < 4.78 is 33.1. The molecule has 1 aromatic carbocycles. The number of methoxy groups -OCH3 is 1. The first kappa shape index (κ1) is 19.6. The number of nitrogens with one attached hydrogen (secondary N) is 1. The molecule has 2 atom stereocenters. The molecule has 0 spiro atoms. The quantitative estimate of drug-likeness (QED) is 0.803. The Morgan fingerprint density at radius 1 is 1.33 bits per heavy atom. The maximum absolute atomic E-state index is 12.0. The Morgan fingerprint density at radius 2 is 1.90 bits per heavy atom. The summed E-state index contributed by atoms with van der Waals surface area (Å²) in [5, 5.41) is 2.71. The third-order valence-electron chi connectivity index (χ3n) is 2.65. The van der Waals surface area contributed by atoms with Crippen LogP contribution < -0.4 is 15.8 Å². The fourth-order valence-electron chi connectivity index (χ4n) is 1.60. The van der Waals surface area contributed by atoms with E-state index in [-0.39, 0.29) is 36.7 Å². The van der Waals surface area contributed by atoms with Gasteiger partial charge in [0.05, 0.1) is 12.6 Å². The molecule has 2 unspecified atom stereocenters. The van der Waals surface area contributed by atoms with Gasteiger partial charge in [-0.2, -0.15) is 8.78 Å². The molecule has 8 heteroatoms. The van der Waals surface area contributed by atoms with Gasteiger partial charge in [0, 0.05) is 7.11 Å². The second-order valence-corrected chi connectivity index (χ2v) is 4.24. The molecule has 0 aliphatic carbocycles. The Balaban J connectivity index is 0.00000400. The van der Waals surface area contributed by atoms with Crippen LogP contribution in [0.5, 0.6) is 5.75 Å². The number of carbonyl (C=O) groups excluding carboxylic acids is 1. The van der Waals surface area contributed by atoms with Crippen LogP contribution in [0.25, 0.3) is 0 Å². The van der Waals surface area contributed by atoms with Crippen LogP contribution in [0.15, 0.2) is 24.3 Å². The highest BCUT2D eigenvalue weighted by molar-refractivity contribution is 5.85. The summed E-state index contributed by atoms with van der Waals surface area (Å²) in [5.74, 6) is -0.273. The number of hydrogen-bond donors (Lipinski definition) is 2. The van der Waals surface area contributed by atoms with Crippen molar-refractivity contribution in [3.63, 3.8) is 0 Å². The lowest BCUT2D eigenvalue weighted by atomic mass is 10.1. The number of nitrogens with two attached hydrogens (primary N) is 1. The highest BCUT2D eigenvalue weighted by atomic mass is 35.5. The summed E-state index contributed by atoms with van der Waals surface area (Å²) in [5.41, 5.74) is 6.35. The van der Waals surface area contributed by atoms with Crippen molar-refractivity contribution in [2.75, 3.05) is 13.7 Å². The molecule has 1 aromatic rings. The van der Waals surface area contributed by atoms with Gasteiger partial charge in [-0.15, -0.1) is 12.4 Å². The van der Waals surface area contributed by atoms with Gasteiger partial charge in [0.1, 0.15) is 11.8 Å². The second-order valence-electron chi connectivity index (χ2n) is 4.24. The number of ether oxygens (including phenoxy) is 2. The molecule has 1 rings (SSSR count). The van der Waals surface area contributed by atoms with Crippen molar-refractivity contribution in [3.05, 3.63) is 29.8 Å². The zero-order valence-corrected chi connectivity index (χ0v) is 12.5. The fourth-order valence-corrected chi connectivity index (χ4v) is 1.60. The van der Waals surface area contributed by atoms with Crippen molar-refractivity contribution < 1.29 is 23.0 Å². The first-order valence-corrected chi connectivity index (χ1v) is 6.03. The molecule has 1 amide bonds. The van der Waals surface area contributed by atoms with E-state index in [0.29, 0.717) is 0 Å². The van der Waals surface area contributed by atoms with Gasteiger partial charge in [-0.05, 0) is 24.6 Å². The van der Waals surface area contributed by atoms with E-state index in [2.05, 4.69) is 10.1 Å². The molecule has 0 bridgehead atoms. The molecule has 0 aromatic heterocycles. The molecule has 0 heterocycles. The van der Waals surface area contributed by atoms with Crippen molar-refractivity contribution in [2.45, 2.75) is 25.6 Å². The number of benzene rings is 1. The van der Waals surface area contributed by atoms with E-state index in [0.717, 1.165) is 5.56 Å². The maximum Gasteiger partial charge on any atom is 0.387 e. The largest absolute Gasteiger partial charge is 0.435 e. The lowest BCUT2D eigenvalue weighted by molar-refractivity contribution is -0.124. The Bertz CT molecular complexity index is 432. The van der Waals surface area contributed by atoms with Gasteiger partial charge >= 0.3 is 6.61 Å². The molecule has 0 radical (unpaired) electrons. The van der Waals surface area contributed by atoms with Crippen LogP contribution in [-0.4, -0.2) is 32.3 Å². The highest BCUT2D eigenvalue weighted by Gasteiger charge is 2.16. The summed E-state index contributed by atoms with van der Waals surface area (Å²) >= 11 is 0. The lowest BCUT2D eigenvalue weighted by Gasteiger charge is -2.17. The number of rotatable bonds is 7. The minimum atomic E-state index is -2.86. The zero-order chi connectivity index (χ0) is 15.1. The number of hydrogen-bond acceptors (Lipinski definition) is 4. The number of alkyl halides is 2. The predicted molar refractivity (Wildman–Crippen MR) is 76.7 cm³/mol. The smallest absolute Gasteiger partial charge is 0.387 e. The van der Waals surface area contributed by atoms with E-state index < -0.39 is 12.7 Å². The van der Waals surface area contributed by atoms with Crippen LogP contribution >= 0.6 is 12.4 Å². The monoisotopic (exact) mass is 324 g/mol. The fraction of sp³-hybridized carbons (Fsp3) is 0.462. The Hall–Kier alpha value is -1.44. The average Bonchev–Trinajstić information content (AvgIpc) is 2.39. The van der Waals surface area contributed by atoms with E-state index in [1.807, 2.05) is 0 Å². The van der Waals surface area contributed by atoms with Crippen molar-refractivity contribution in [3.8, 4) is 5.75 Å². The third-order valence-corrected chi connectivity index (χ3v) is 2.65. The van der Waals surface area contributed by atoms with E-state index in [4.69, 9.17) is 10.5 Å². The Kier molecular flexibility index (Phi) is 8.84. The minimum Gasteiger partial charge on any atom is -0.435 e. The highest BCUT2D eigenvalue weighted by Crippen LogP contribution is 2.19. The second kappa shape index (κ2) is 9.49. The molecule has 21 heavy (non-hydrogen) atoms. The number of carbonyl (C=O) groups is 1. The Morgan fingerprint density at radius 3 is 2.38 bits per heavy atom. The average molecular weight is 325 g/mol. The summed E-state index contributed by atoms with van der Waals surface area (Å²) in [6, 6.07) is 4.99. The molecule has 0 saturated heterocycles. The van der Waals surface area contributed by atoms with E-state index >= 15 is 0 Å². The van der Waals surface area contributed by atoms with E-state index in [1.54, 1.807) is 19.1 Å². The van der Waals surface area contributed by atoms with Gasteiger partial charge in [0.25, 0.3) is 0 Å². The number of amides is 1. The van der Waals surface area contributed by atoms with Crippen molar-refractivity contribution in [2.24, 2.45) is 5.73 Å². The number of halogens is 3. The minimum absolute atomic E-state index is 0. The van der Waals surface area contributed by atoms with E-state index in [1.165, 1.54) is 19.2 Å². The van der Waals surface area contributed by atoms with Crippen LogP contribution in [0.2, 0.25) is 0 Å². The molecular weight excluding hydrogens is 306 g/mol. The SMILES string of the molecule is COCC(N)C(=O)NC(C)c1ccc(OC(F)F)cc1.Cl. The van der Waals surface area contributed by atoms with Gasteiger partial charge in [-0.1, -0.05) is 12.1 Å². The van der Waals surface area contributed by atoms with Gasteiger partial charge in [-0.25, -0.2) is 0 Å². The zero-order valence-electron chi connectivity index (χ0n) is 11.7. The first-order chi connectivity index (χ1) is 9.43. The van der Waals surface area contributed by atoms with Crippen LogP contribution in [0, 0.1) is 0 Å². The molecular formula is C13H19ClF2N2O3. The lowest BCUT2D eigenvalue weighted by Crippen LogP contribution is -2.44. The van der Waals surface area contributed by atoms with Crippen LogP contribution in [0.1, 0.15) is 18.5 Å². The molecule has 0 fully saturated rings. The van der Waals surface area contributed by atoms with Gasteiger partial charge in [-0.3, -0.25) is 4.79 Å². The van der Waals surface area contributed by atoms with Gasteiger partial charge in [0.15, 0.2) is 0 Å². The third kappa shape index (κ3) is 6.70. The van der Waals surface area contributed by atoms with Crippen LogP contribution in [-0.2, 0) is 9.53 Å². The molecule has 3 N–H and O–H groups in total. The summed E-state index contributed by atoms with van der Waals surface area (Å²) in [7, 11) is 1.46. The summed E-state index contributed by atoms with van der Waals surface area (Å²) in [6.45, 7) is -0.967. The van der Waals surface area contributed by atoms with Crippen LogP contribution in [0.3, 0.4) is 0 Å². The van der Waals surface area contributed by atoms with Gasteiger partial charge in [0.2, 0.25) is 5.91 Å². The Labute approximate surface area is 128 Å².